The first-order chi connectivity index (χ1) is 11.1. The molecule has 130 valence electrons. The number of nitrogens with zero attached hydrogens (tertiary/aromatic N) is 1. The molecule has 1 amide bonds. The van der Waals surface area contributed by atoms with Crippen LogP contribution in [0.2, 0.25) is 0 Å². The summed E-state index contributed by atoms with van der Waals surface area (Å²) in [6.45, 7) is 1.27. The Labute approximate surface area is 146 Å². The van der Waals surface area contributed by atoms with Crippen molar-refractivity contribution in [1.29, 1.82) is 0 Å². The van der Waals surface area contributed by atoms with Crippen LogP contribution in [0.1, 0.15) is 11.1 Å². The average Bonchev–Trinajstić information content (AvgIpc) is 2.55. The Hall–Kier alpha value is -1.98. The van der Waals surface area contributed by atoms with Crippen LogP contribution in [0, 0.1) is 11.6 Å². The van der Waals surface area contributed by atoms with E-state index < -0.39 is 11.6 Å². The summed E-state index contributed by atoms with van der Waals surface area (Å²) in [4.78, 5) is 14.0. The van der Waals surface area contributed by atoms with Gasteiger partial charge in [0, 0.05) is 25.7 Å². The van der Waals surface area contributed by atoms with Gasteiger partial charge in [-0.05, 0) is 23.6 Å². The smallest absolute Gasteiger partial charge is 0.227 e. The molecule has 2 aromatic carbocycles. The van der Waals surface area contributed by atoms with E-state index in [2.05, 4.69) is 0 Å². The molecule has 2 rings (SSSR count). The second-order valence-corrected chi connectivity index (χ2v) is 5.32. The van der Waals surface area contributed by atoms with Crippen LogP contribution in [0.3, 0.4) is 0 Å². The van der Waals surface area contributed by atoms with Gasteiger partial charge in [-0.1, -0.05) is 36.4 Å². The molecule has 0 radical (unpaired) electrons. The third kappa shape index (κ3) is 5.91. The highest BCUT2D eigenvalue weighted by Gasteiger charge is 2.15. The van der Waals surface area contributed by atoms with E-state index in [1.165, 1.54) is 6.07 Å². The Bertz CT molecular complexity index is 653. The molecule has 0 saturated heterocycles. The minimum Gasteiger partial charge on any atom is -0.341 e. The van der Waals surface area contributed by atoms with Crippen molar-refractivity contribution < 1.29 is 13.6 Å². The van der Waals surface area contributed by atoms with E-state index in [0.29, 0.717) is 26.1 Å². The summed E-state index contributed by atoms with van der Waals surface area (Å²) in [6.07, 6.45) is 0.610. The predicted molar refractivity (Wildman–Crippen MR) is 93.1 cm³/mol. The second-order valence-electron chi connectivity index (χ2n) is 5.32. The zero-order valence-corrected chi connectivity index (χ0v) is 14.1. The normalized spacial score (nSPS) is 10.1. The van der Waals surface area contributed by atoms with E-state index in [9.17, 15) is 13.6 Å². The molecule has 0 atom stereocenters. The van der Waals surface area contributed by atoms with Crippen LogP contribution in [-0.2, 0) is 17.6 Å². The topological polar surface area (TPSA) is 46.3 Å². The van der Waals surface area contributed by atoms with E-state index in [4.69, 9.17) is 5.73 Å². The molecule has 2 aromatic rings. The SMILES string of the molecule is Cl.NCCN(CCc1ccccc1)C(=O)Cc1ccc(F)cc1F. The van der Waals surface area contributed by atoms with Crippen LogP contribution in [0.15, 0.2) is 48.5 Å². The number of nitrogens with two attached hydrogens (primary N) is 1. The molecule has 0 aliphatic carbocycles. The van der Waals surface area contributed by atoms with E-state index in [0.717, 1.165) is 17.7 Å². The van der Waals surface area contributed by atoms with Crippen molar-refractivity contribution in [2.75, 3.05) is 19.6 Å². The zero-order chi connectivity index (χ0) is 16.7. The van der Waals surface area contributed by atoms with Crippen molar-refractivity contribution in [2.24, 2.45) is 5.73 Å². The fourth-order valence-electron chi connectivity index (χ4n) is 2.37. The van der Waals surface area contributed by atoms with Crippen LogP contribution < -0.4 is 5.73 Å². The molecule has 0 fully saturated rings. The average molecular weight is 355 g/mol. The summed E-state index contributed by atoms with van der Waals surface area (Å²) in [5.74, 6) is -1.56. The van der Waals surface area contributed by atoms with Crippen LogP contribution in [-0.4, -0.2) is 30.4 Å². The molecule has 6 heteroatoms. The minimum absolute atomic E-state index is 0. The Balaban J connectivity index is 0.00000288. The molecular formula is C18H21ClF2N2O. The van der Waals surface area contributed by atoms with E-state index >= 15 is 0 Å². The highest BCUT2D eigenvalue weighted by molar-refractivity contribution is 5.85. The molecule has 0 saturated carbocycles. The van der Waals surface area contributed by atoms with Gasteiger partial charge in [0.1, 0.15) is 11.6 Å². The van der Waals surface area contributed by atoms with Gasteiger partial charge >= 0.3 is 0 Å². The Morgan fingerprint density at radius 3 is 2.38 bits per heavy atom. The zero-order valence-electron chi connectivity index (χ0n) is 13.3. The summed E-state index contributed by atoms with van der Waals surface area (Å²) in [5.41, 5.74) is 6.88. The third-order valence-corrected chi connectivity index (χ3v) is 3.62. The monoisotopic (exact) mass is 354 g/mol. The van der Waals surface area contributed by atoms with Crippen molar-refractivity contribution in [3.05, 3.63) is 71.3 Å². The quantitative estimate of drug-likeness (QED) is 0.831. The van der Waals surface area contributed by atoms with Crippen molar-refractivity contribution in [3.8, 4) is 0 Å². The number of carbonyl (C=O) groups excluding carboxylic acids is 1. The lowest BCUT2D eigenvalue weighted by Gasteiger charge is -2.22. The van der Waals surface area contributed by atoms with Crippen LogP contribution >= 0.6 is 12.4 Å². The molecule has 0 bridgehead atoms. The van der Waals surface area contributed by atoms with Gasteiger partial charge in [0.2, 0.25) is 5.91 Å². The standard InChI is InChI=1S/C18H20F2N2O.ClH/c19-16-7-6-15(17(20)13-16)12-18(23)22(11-9-21)10-8-14-4-2-1-3-5-14;/h1-7,13H,8-12,21H2;1H. The van der Waals surface area contributed by atoms with Crippen LogP contribution in [0.5, 0.6) is 0 Å². The fourth-order valence-corrected chi connectivity index (χ4v) is 2.37. The van der Waals surface area contributed by atoms with Gasteiger partial charge in [0.05, 0.1) is 6.42 Å². The Morgan fingerprint density at radius 2 is 1.75 bits per heavy atom. The summed E-state index contributed by atoms with van der Waals surface area (Å²) < 4.78 is 26.6. The summed E-state index contributed by atoms with van der Waals surface area (Å²) in [7, 11) is 0. The molecule has 0 aromatic heterocycles. The molecular weight excluding hydrogens is 334 g/mol. The number of hydrogen-bond acceptors (Lipinski definition) is 2. The third-order valence-electron chi connectivity index (χ3n) is 3.62. The molecule has 0 aliphatic rings. The number of rotatable bonds is 7. The maximum Gasteiger partial charge on any atom is 0.227 e. The maximum atomic E-state index is 13.7. The minimum atomic E-state index is -0.700. The van der Waals surface area contributed by atoms with Crippen LogP contribution in [0.4, 0.5) is 8.78 Å². The first-order valence-corrected chi connectivity index (χ1v) is 7.56. The molecule has 0 spiro atoms. The lowest BCUT2D eigenvalue weighted by molar-refractivity contribution is -0.130. The first kappa shape index (κ1) is 20.1. The van der Waals surface area contributed by atoms with Gasteiger partial charge in [-0.25, -0.2) is 8.78 Å². The van der Waals surface area contributed by atoms with Crippen molar-refractivity contribution in [1.82, 2.24) is 4.90 Å². The summed E-state index contributed by atoms with van der Waals surface area (Å²) in [6, 6.07) is 13.1. The van der Waals surface area contributed by atoms with Crippen molar-refractivity contribution >= 4 is 18.3 Å². The highest BCUT2D eigenvalue weighted by Crippen LogP contribution is 2.12. The molecule has 0 unspecified atom stereocenters. The van der Waals surface area contributed by atoms with Gasteiger partial charge in [0.15, 0.2) is 0 Å². The summed E-state index contributed by atoms with van der Waals surface area (Å²) >= 11 is 0. The lowest BCUT2D eigenvalue weighted by atomic mass is 10.1. The number of hydrogen-bond donors (Lipinski definition) is 1. The van der Waals surface area contributed by atoms with Gasteiger partial charge in [-0.15, -0.1) is 12.4 Å². The number of benzene rings is 2. The Morgan fingerprint density at radius 1 is 1.04 bits per heavy atom. The fraction of sp³-hybridized carbons (Fsp3) is 0.278. The van der Waals surface area contributed by atoms with E-state index in [1.54, 1.807) is 4.90 Å². The first-order valence-electron chi connectivity index (χ1n) is 7.56. The van der Waals surface area contributed by atoms with Gasteiger partial charge in [0.25, 0.3) is 0 Å². The predicted octanol–water partition coefficient (Wildman–Crippen LogP) is 2.96. The largest absolute Gasteiger partial charge is 0.341 e. The van der Waals surface area contributed by atoms with E-state index in [-0.39, 0.29) is 30.3 Å². The number of halogens is 3. The van der Waals surface area contributed by atoms with Gasteiger partial charge in [-0.3, -0.25) is 4.79 Å². The lowest BCUT2D eigenvalue weighted by Crippen LogP contribution is -2.38. The van der Waals surface area contributed by atoms with Crippen LogP contribution in [0.25, 0.3) is 0 Å². The highest BCUT2D eigenvalue weighted by atomic mass is 35.5. The second kappa shape index (κ2) is 10.0. The number of amides is 1. The van der Waals surface area contributed by atoms with Gasteiger partial charge < -0.3 is 10.6 Å². The maximum absolute atomic E-state index is 13.7. The van der Waals surface area contributed by atoms with Crippen molar-refractivity contribution in [2.45, 2.75) is 12.8 Å². The Kier molecular flexibility index (Phi) is 8.36. The molecule has 0 heterocycles. The molecule has 24 heavy (non-hydrogen) atoms. The van der Waals surface area contributed by atoms with E-state index in [1.807, 2.05) is 30.3 Å². The molecule has 3 nitrogen and oxygen atoms in total. The summed E-state index contributed by atoms with van der Waals surface area (Å²) in [5, 5.41) is 0. The molecule has 2 N–H and O–H groups in total. The number of carbonyl (C=O) groups is 1. The molecule has 0 aliphatic heterocycles. The van der Waals surface area contributed by atoms with Crippen molar-refractivity contribution in [3.63, 3.8) is 0 Å². The van der Waals surface area contributed by atoms with Gasteiger partial charge in [-0.2, -0.15) is 0 Å².